The van der Waals surface area contributed by atoms with Crippen LogP contribution in [0.25, 0.3) is 21.5 Å². The van der Waals surface area contributed by atoms with E-state index in [1.54, 1.807) is 0 Å². The number of unbranched alkanes of at least 4 members (excludes halogenated alkanes) is 2. The molecule has 0 aliphatic rings. The van der Waals surface area contributed by atoms with Crippen molar-refractivity contribution < 1.29 is 38.0 Å². The van der Waals surface area contributed by atoms with E-state index >= 15 is 0 Å². The lowest BCUT2D eigenvalue weighted by Gasteiger charge is -2.23. The van der Waals surface area contributed by atoms with Crippen molar-refractivity contribution in [3.63, 3.8) is 0 Å². The Morgan fingerprint density at radius 1 is 0.542 bits per heavy atom. The summed E-state index contributed by atoms with van der Waals surface area (Å²) < 4.78 is 36.3. The van der Waals surface area contributed by atoms with Gasteiger partial charge in [-0.25, -0.2) is 0 Å². The molecule has 0 spiro atoms. The predicted molar refractivity (Wildman–Crippen MR) is 192 cm³/mol. The van der Waals surface area contributed by atoms with Gasteiger partial charge in [0.25, 0.3) is 0 Å². The third-order valence-electron chi connectivity index (χ3n) is 8.73. The second kappa shape index (κ2) is 21.6. The fraction of sp³-hybridized carbons (Fsp3) is 0.600. The molecular weight excluding hydrogens is 608 g/mol. The Kier molecular flexibility index (Phi) is 17.6. The van der Waals surface area contributed by atoms with Crippen molar-refractivity contribution in [3.8, 4) is 11.5 Å². The summed E-state index contributed by atoms with van der Waals surface area (Å²) in [5, 5.41) is 3.45. The average molecular weight is 667 g/mol. The number of esters is 2. The van der Waals surface area contributed by atoms with Gasteiger partial charge < -0.3 is 28.4 Å². The van der Waals surface area contributed by atoms with E-state index in [0.717, 1.165) is 60.1 Å². The van der Waals surface area contributed by atoms with Gasteiger partial charge in [0.05, 0.1) is 13.2 Å². The standard InChI is InChI=1S/C40H58O8/c1-7-11-17-31(9-3)23-43-25-33(47-29(5)41)27-45-39-35-19-13-15-21-37(35)40(38-22-16-14-20-36(38)39)46-28-34(48-30(6)42)26-44-24-32(10-4)18-12-8-2/h13-16,19-22,31-34H,7-12,17-18,23-28H2,1-6H3. The third-order valence-corrected chi connectivity index (χ3v) is 8.73. The van der Waals surface area contributed by atoms with Gasteiger partial charge in [0.15, 0.2) is 12.2 Å². The fourth-order valence-electron chi connectivity index (χ4n) is 5.94. The molecule has 0 aromatic heterocycles. The predicted octanol–water partition coefficient (Wildman–Crippen LogP) is 9.08. The molecule has 8 nitrogen and oxygen atoms in total. The molecule has 48 heavy (non-hydrogen) atoms. The minimum Gasteiger partial charge on any atom is -0.488 e. The second-order valence-corrected chi connectivity index (χ2v) is 12.7. The zero-order valence-corrected chi connectivity index (χ0v) is 30.1. The molecule has 8 heteroatoms. The summed E-state index contributed by atoms with van der Waals surface area (Å²) >= 11 is 0. The molecule has 4 atom stereocenters. The molecule has 0 aliphatic carbocycles. The lowest BCUT2D eigenvalue weighted by atomic mass is 10.0. The van der Waals surface area contributed by atoms with Crippen molar-refractivity contribution in [2.45, 2.75) is 105 Å². The molecule has 0 saturated carbocycles. The number of carbonyl (C=O) groups is 2. The van der Waals surface area contributed by atoms with E-state index in [-0.39, 0.29) is 38.4 Å². The largest absolute Gasteiger partial charge is 0.488 e. The maximum atomic E-state index is 12.0. The van der Waals surface area contributed by atoms with Gasteiger partial charge in [0.2, 0.25) is 0 Å². The number of carbonyl (C=O) groups excluding carboxylic acids is 2. The van der Waals surface area contributed by atoms with Gasteiger partial charge in [-0.15, -0.1) is 0 Å². The van der Waals surface area contributed by atoms with Crippen LogP contribution in [0.4, 0.5) is 0 Å². The number of benzene rings is 3. The van der Waals surface area contributed by atoms with E-state index in [4.69, 9.17) is 28.4 Å². The van der Waals surface area contributed by atoms with Crippen LogP contribution in [0.5, 0.6) is 11.5 Å². The number of hydrogen-bond donors (Lipinski definition) is 0. The molecule has 3 aromatic rings. The lowest BCUT2D eigenvalue weighted by Crippen LogP contribution is -2.30. The van der Waals surface area contributed by atoms with Gasteiger partial charge in [-0.05, 0) is 24.7 Å². The van der Waals surface area contributed by atoms with Crippen LogP contribution in [0, 0.1) is 11.8 Å². The van der Waals surface area contributed by atoms with Gasteiger partial charge in [0.1, 0.15) is 24.7 Å². The van der Waals surface area contributed by atoms with Crippen molar-refractivity contribution in [1.82, 2.24) is 0 Å². The van der Waals surface area contributed by atoms with Gasteiger partial charge in [-0.3, -0.25) is 9.59 Å². The summed E-state index contributed by atoms with van der Waals surface area (Å²) in [6, 6.07) is 15.8. The SMILES string of the molecule is CCCCC(CC)COCC(COc1c2ccccc2c(OCC(COCC(CC)CCCC)OC(C)=O)c2ccccc12)OC(C)=O. The summed E-state index contributed by atoms with van der Waals surface area (Å²) in [6.45, 7) is 13.6. The zero-order valence-electron chi connectivity index (χ0n) is 30.1. The fourth-order valence-corrected chi connectivity index (χ4v) is 5.94. The van der Waals surface area contributed by atoms with E-state index in [0.29, 0.717) is 36.5 Å². The summed E-state index contributed by atoms with van der Waals surface area (Å²) in [4.78, 5) is 24.0. The molecule has 0 radical (unpaired) electrons. The molecule has 0 bridgehead atoms. The topological polar surface area (TPSA) is 89.5 Å². The Bertz CT molecular complexity index is 1230. The molecule has 0 heterocycles. The van der Waals surface area contributed by atoms with Crippen molar-refractivity contribution in [2.75, 3.05) is 39.6 Å². The minimum absolute atomic E-state index is 0.141. The minimum atomic E-state index is -0.557. The Morgan fingerprint density at radius 2 is 0.896 bits per heavy atom. The van der Waals surface area contributed by atoms with Crippen LogP contribution in [0.1, 0.15) is 92.9 Å². The number of fused-ring (bicyclic) bond motifs is 2. The van der Waals surface area contributed by atoms with Crippen LogP contribution >= 0.6 is 0 Å². The van der Waals surface area contributed by atoms with Gasteiger partial charge in [-0.2, -0.15) is 0 Å². The molecule has 0 N–H and O–H groups in total. The highest BCUT2D eigenvalue weighted by molar-refractivity contribution is 6.11. The van der Waals surface area contributed by atoms with Crippen molar-refractivity contribution >= 4 is 33.5 Å². The Hall–Kier alpha value is -3.36. The second-order valence-electron chi connectivity index (χ2n) is 12.7. The Labute approximate surface area is 287 Å². The highest BCUT2D eigenvalue weighted by Gasteiger charge is 2.22. The summed E-state index contributed by atoms with van der Waals surface area (Å²) in [5.41, 5.74) is 0. The lowest BCUT2D eigenvalue weighted by molar-refractivity contribution is -0.152. The monoisotopic (exact) mass is 666 g/mol. The van der Waals surface area contributed by atoms with E-state index in [2.05, 4.69) is 27.7 Å². The van der Waals surface area contributed by atoms with E-state index in [1.165, 1.54) is 26.7 Å². The third kappa shape index (κ3) is 12.6. The first-order valence-electron chi connectivity index (χ1n) is 18.0. The van der Waals surface area contributed by atoms with Crippen molar-refractivity contribution in [1.29, 1.82) is 0 Å². The van der Waals surface area contributed by atoms with Gasteiger partial charge in [-0.1, -0.05) is 115 Å². The summed E-state index contributed by atoms with van der Waals surface area (Å²) in [7, 11) is 0. The van der Waals surface area contributed by atoms with Crippen LogP contribution in [-0.2, 0) is 28.5 Å². The van der Waals surface area contributed by atoms with E-state index in [9.17, 15) is 9.59 Å². The van der Waals surface area contributed by atoms with Crippen LogP contribution in [-0.4, -0.2) is 63.8 Å². The van der Waals surface area contributed by atoms with Crippen molar-refractivity contribution in [2.24, 2.45) is 11.8 Å². The Balaban J connectivity index is 1.81. The maximum absolute atomic E-state index is 12.0. The Morgan fingerprint density at radius 3 is 1.19 bits per heavy atom. The molecule has 0 aliphatic heterocycles. The van der Waals surface area contributed by atoms with Crippen LogP contribution in [0.3, 0.4) is 0 Å². The first-order chi connectivity index (χ1) is 23.3. The van der Waals surface area contributed by atoms with Crippen LogP contribution < -0.4 is 9.47 Å². The molecular formula is C40H58O8. The highest BCUT2D eigenvalue weighted by atomic mass is 16.6. The zero-order chi connectivity index (χ0) is 34.7. The molecule has 3 rings (SSSR count). The molecule has 0 fully saturated rings. The molecule has 4 unspecified atom stereocenters. The highest BCUT2D eigenvalue weighted by Crippen LogP contribution is 2.42. The smallest absolute Gasteiger partial charge is 0.303 e. The number of ether oxygens (including phenoxy) is 6. The quantitative estimate of drug-likeness (QED) is 0.0691. The number of hydrogen-bond acceptors (Lipinski definition) is 8. The molecule has 0 saturated heterocycles. The van der Waals surface area contributed by atoms with Crippen molar-refractivity contribution in [3.05, 3.63) is 48.5 Å². The van der Waals surface area contributed by atoms with Gasteiger partial charge >= 0.3 is 11.9 Å². The number of rotatable bonds is 24. The summed E-state index contributed by atoms with van der Waals surface area (Å²) in [6.07, 6.45) is 7.91. The molecule has 266 valence electrons. The van der Waals surface area contributed by atoms with Gasteiger partial charge in [0, 0.05) is 48.6 Å². The van der Waals surface area contributed by atoms with E-state index in [1.807, 2.05) is 48.5 Å². The maximum Gasteiger partial charge on any atom is 0.303 e. The normalized spacial score (nSPS) is 14.0. The van der Waals surface area contributed by atoms with Crippen LogP contribution in [0.2, 0.25) is 0 Å². The van der Waals surface area contributed by atoms with E-state index < -0.39 is 12.2 Å². The molecule has 0 amide bonds. The summed E-state index contributed by atoms with van der Waals surface area (Å²) in [5.74, 6) is 1.57. The first-order valence-corrected chi connectivity index (χ1v) is 18.0. The van der Waals surface area contributed by atoms with Crippen LogP contribution in [0.15, 0.2) is 48.5 Å². The molecule has 3 aromatic carbocycles. The average Bonchev–Trinajstić information content (AvgIpc) is 3.08. The first kappa shape index (κ1) is 39.1.